The zero-order valence-corrected chi connectivity index (χ0v) is 9.09. The topological polar surface area (TPSA) is 21.3 Å². The molecule has 1 aliphatic heterocycles. The molecular formula is C12H21NO. The fourth-order valence-corrected chi connectivity index (χ4v) is 2.29. The molecule has 0 saturated heterocycles. The van der Waals surface area contributed by atoms with Gasteiger partial charge in [-0.2, -0.15) is 0 Å². The van der Waals surface area contributed by atoms with Gasteiger partial charge >= 0.3 is 0 Å². The Morgan fingerprint density at radius 1 is 1.50 bits per heavy atom. The Morgan fingerprint density at radius 2 is 2.36 bits per heavy atom. The van der Waals surface area contributed by atoms with Crippen molar-refractivity contribution in [2.75, 3.05) is 13.2 Å². The molecule has 2 rings (SSSR count). The van der Waals surface area contributed by atoms with Crippen LogP contribution in [-0.2, 0) is 4.74 Å². The average Bonchev–Trinajstić information content (AvgIpc) is 2.16. The molecule has 0 aromatic heterocycles. The maximum atomic E-state index is 5.75. The lowest BCUT2D eigenvalue weighted by Crippen LogP contribution is -2.42. The van der Waals surface area contributed by atoms with Gasteiger partial charge in [0.1, 0.15) is 5.76 Å². The summed E-state index contributed by atoms with van der Waals surface area (Å²) in [5.41, 5.74) is 0. The molecule has 1 aliphatic carbocycles. The predicted octanol–water partition coefficient (Wildman–Crippen LogP) is 2.46. The molecule has 80 valence electrons. The van der Waals surface area contributed by atoms with E-state index in [2.05, 4.69) is 18.3 Å². The van der Waals surface area contributed by atoms with E-state index in [1.807, 2.05) is 0 Å². The molecule has 0 radical (unpaired) electrons. The Kier molecular flexibility index (Phi) is 3.46. The molecule has 1 atom stereocenters. The van der Waals surface area contributed by atoms with Crippen molar-refractivity contribution in [3.63, 3.8) is 0 Å². The highest BCUT2D eigenvalue weighted by molar-refractivity contribution is 5.09. The Labute approximate surface area is 86.7 Å². The van der Waals surface area contributed by atoms with E-state index >= 15 is 0 Å². The van der Waals surface area contributed by atoms with E-state index < -0.39 is 0 Å². The fourth-order valence-electron chi connectivity index (χ4n) is 2.29. The van der Waals surface area contributed by atoms with Gasteiger partial charge < -0.3 is 10.1 Å². The van der Waals surface area contributed by atoms with E-state index in [0.29, 0.717) is 6.04 Å². The van der Waals surface area contributed by atoms with Crippen LogP contribution >= 0.6 is 0 Å². The van der Waals surface area contributed by atoms with Gasteiger partial charge in [-0.15, -0.1) is 0 Å². The van der Waals surface area contributed by atoms with Crippen LogP contribution in [-0.4, -0.2) is 19.2 Å². The molecule has 2 heteroatoms. The predicted molar refractivity (Wildman–Crippen MR) is 58.1 cm³/mol. The standard InChI is InChI=1S/C12H21NO/c1-2-13-12(10-6-5-7-10)11-8-3-4-9-14-11/h8,10,12-13H,2-7,9H2,1H3. The number of allylic oxidation sites excluding steroid dienone is 1. The molecule has 1 heterocycles. The largest absolute Gasteiger partial charge is 0.497 e. The summed E-state index contributed by atoms with van der Waals surface area (Å²) in [5.74, 6) is 2.06. The van der Waals surface area contributed by atoms with Gasteiger partial charge in [0.05, 0.1) is 12.6 Å². The zero-order chi connectivity index (χ0) is 9.80. The van der Waals surface area contributed by atoms with Gasteiger partial charge in [0, 0.05) is 0 Å². The average molecular weight is 195 g/mol. The Hall–Kier alpha value is -0.500. The van der Waals surface area contributed by atoms with Crippen molar-refractivity contribution in [2.45, 2.75) is 45.1 Å². The Bertz CT molecular complexity index is 208. The molecule has 0 bridgehead atoms. The first-order valence-electron chi connectivity index (χ1n) is 5.98. The van der Waals surface area contributed by atoms with Gasteiger partial charge in [-0.25, -0.2) is 0 Å². The van der Waals surface area contributed by atoms with Gasteiger partial charge in [0.25, 0.3) is 0 Å². The van der Waals surface area contributed by atoms with Crippen molar-refractivity contribution in [3.8, 4) is 0 Å². The Morgan fingerprint density at radius 3 is 2.86 bits per heavy atom. The molecule has 0 aromatic rings. The number of likely N-dealkylation sites (N-methyl/N-ethyl adjacent to an activating group) is 1. The molecular weight excluding hydrogens is 174 g/mol. The van der Waals surface area contributed by atoms with Crippen molar-refractivity contribution >= 4 is 0 Å². The number of hydrogen-bond donors (Lipinski definition) is 1. The molecule has 0 spiro atoms. The third kappa shape index (κ3) is 2.11. The van der Waals surface area contributed by atoms with Gasteiger partial charge in [-0.3, -0.25) is 0 Å². The summed E-state index contributed by atoms with van der Waals surface area (Å²) in [7, 11) is 0. The summed E-state index contributed by atoms with van der Waals surface area (Å²) in [6.45, 7) is 4.14. The molecule has 1 unspecified atom stereocenters. The monoisotopic (exact) mass is 195 g/mol. The molecule has 14 heavy (non-hydrogen) atoms. The lowest BCUT2D eigenvalue weighted by Gasteiger charge is -2.36. The zero-order valence-electron chi connectivity index (χ0n) is 9.09. The van der Waals surface area contributed by atoms with Crippen LogP contribution in [0.2, 0.25) is 0 Å². The van der Waals surface area contributed by atoms with E-state index in [1.165, 1.54) is 37.9 Å². The van der Waals surface area contributed by atoms with E-state index in [1.54, 1.807) is 0 Å². The molecule has 1 fully saturated rings. The van der Waals surface area contributed by atoms with Crippen LogP contribution in [0.5, 0.6) is 0 Å². The van der Waals surface area contributed by atoms with Gasteiger partial charge in [-0.1, -0.05) is 13.3 Å². The minimum absolute atomic E-state index is 0.508. The molecule has 0 amide bonds. The number of rotatable bonds is 4. The van der Waals surface area contributed by atoms with Crippen LogP contribution in [0.3, 0.4) is 0 Å². The van der Waals surface area contributed by atoms with Crippen molar-refractivity contribution < 1.29 is 4.74 Å². The maximum Gasteiger partial charge on any atom is 0.109 e. The summed E-state index contributed by atoms with van der Waals surface area (Å²) in [6.07, 6.45) is 8.82. The molecule has 0 aromatic carbocycles. The third-order valence-electron chi connectivity index (χ3n) is 3.31. The van der Waals surface area contributed by atoms with Crippen LogP contribution < -0.4 is 5.32 Å². The second-order valence-corrected chi connectivity index (χ2v) is 4.32. The Balaban J connectivity index is 1.96. The summed E-state index contributed by atoms with van der Waals surface area (Å²) in [6, 6.07) is 0.508. The molecule has 1 saturated carbocycles. The number of hydrogen-bond acceptors (Lipinski definition) is 2. The van der Waals surface area contributed by atoms with Crippen molar-refractivity contribution in [2.24, 2.45) is 5.92 Å². The second-order valence-electron chi connectivity index (χ2n) is 4.32. The van der Waals surface area contributed by atoms with Crippen LogP contribution in [0, 0.1) is 5.92 Å². The van der Waals surface area contributed by atoms with Crippen LogP contribution in [0.1, 0.15) is 39.0 Å². The van der Waals surface area contributed by atoms with Gasteiger partial charge in [0.15, 0.2) is 0 Å². The summed E-state index contributed by atoms with van der Waals surface area (Å²) in [5, 5.41) is 3.56. The lowest BCUT2D eigenvalue weighted by molar-refractivity contribution is 0.129. The quantitative estimate of drug-likeness (QED) is 0.744. The third-order valence-corrected chi connectivity index (χ3v) is 3.31. The van der Waals surface area contributed by atoms with E-state index in [9.17, 15) is 0 Å². The fraction of sp³-hybridized carbons (Fsp3) is 0.833. The van der Waals surface area contributed by atoms with Crippen molar-refractivity contribution in [1.29, 1.82) is 0 Å². The van der Waals surface area contributed by atoms with Crippen LogP contribution in [0.25, 0.3) is 0 Å². The highest BCUT2D eigenvalue weighted by Crippen LogP contribution is 2.33. The van der Waals surface area contributed by atoms with E-state index in [4.69, 9.17) is 4.74 Å². The van der Waals surface area contributed by atoms with Gasteiger partial charge in [0.2, 0.25) is 0 Å². The number of nitrogens with one attached hydrogen (secondary N) is 1. The lowest BCUT2D eigenvalue weighted by atomic mass is 9.78. The van der Waals surface area contributed by atoms with Crippen molar-refractivity contribution in [1.82, 2.24) is 5.32 Å². The summed E-state index contributed by atoms with van der Waals surface area (Å²) < 4.78 is 5.75. The van der Waals surface area contributed by atoms with E-state index in [-0.39, 0.29) is 0 Å². The SMILES string of the molecule is CCNC(C1=CCCCO1)C1CCC1. The first kappa shape index (κ1) is 10.0. The van der Waals surface area contributed by atoms with Crippen LogP contribution in [0.4, 0.5) is 0 Å². The molecule has 1 N–H and O–H groups in total. The minimum Gasteiger partial charge on any atom is -0.497 e. The summed E-state index contributed by atoms with van der Waals surface area (Å²) in [4.78, 5) is 0. The number of ether oxygens (including phenoxy) is 1. The van der Waals surface area contributed by atoms with E-state index in [0.717, 1.165) is 19.1 Å². The maximum absolute atomic E-state index is 5.75. The van der Waals surface area contributed by atoms with Crippen LogP contribution in [0.15, 0.2) is 11.8 Å². The smallest absolute Gasteiger partial charge is 0.109 e. The first-order valence-corrected chi connectivity index (χ1v) is 5.98. The summed E-state index contributed by atoms with van der Waals surface area (Å²) >= 11 is 0. The normalized spacial score (nSPS) is 24.8. The second kappa shape index (κ2) is 4.83. The van der Waals surface area contributed by atoms with Crippen molar-refractivity contribution in [3.05, 3.63) is 11.8 Å². The highest BCUT2D eigenvalue weighted by atomic mass is 16.5. The highest BCUT2D eigenvalue weighted by Gasteiger charge is 2.30. The minimum atomic E-state index is 0.508. The first-order chi connectivity index (χ1) is 6.92. The van der Waals surface area contributed by atoms with Gasteiger partial charge in [-0.05, 0) is 44.2 Å². The molecule has 2 nitrogen and oxygen atoms in total. The molecule has 2 aliphatic rings.